The maximum Gasteiger partial charge on any atom is 0.289 e. The first-order chi connectivity index (χ1) is 9.24. The predicted octanol–water partition coefficient (Wildman–Crippen LogP) is 2.04. The maximum absolute atomic E-state index is 11.8. The fourth-order valence-corrected chi connectivity index (χ4v) is 3.14. The van der Waals surface area contributed by atoms with Crippen molar-refractivity contribution < 1.29 is 9.59 Å². The van der Waals surface area contributed by atoms with Gasteiger partial charge in [-0.2, -0.15) is 0 Å². The molecule has 0 saturated heterocycles. The van der Waals surface area contributed by atoms with E-state index in [1.54, 1.807) is 16.7 Å². The molecule has 1 saturated carbocycles. The van der Waals surface area contributed by atoms with E-state index in [-0.39, 0.29) is 17.7 Å². The lowest BCUT2D eigenvalue weighted by Gasteiger charge is -2.04. The molecule has 1 aliphatic carbocycles. The lowest BCUT2D eigenvalue weighted by molar-refractivity contribution is -0.123. The first kappa shape index (κ1) is 12.3. The van der Waals surface area contributed by atoms with Crippen LogP contribution in [-0.4, -0.2) is 16.8 Å². The molecule has 98 valence electrons. The van der Waals surface area contributed by atoms with Gasteiger partial charge in [0.2, 0.25) is 5.91 Å². The molecule has 0 aliphatic heterocycles. The number of hydrazine groups is 1. The van der Waals surface area contributed by atoms with Crippen molar-refractivity contribution >= 4 is 34.5 Å². The SMILES string of the molecule is O=C(NNC(=O)C1CC1)c1csc(-c2cccs2)n1. The Labute approximate surface area is 117 Å². The van der Waals surface area contributed by atoms with Crippen LogP contribution in [0.25, 0.3) is 9.88 Å². The molecule has 2 N–H and O–H groups in total. The van der Waals surface area contributed by atoms with E-state index in [1.807, 2.05) is 17.5 Å². The van der Waals surface area contributed by atoms with Gasteiger partial charge in [0.25, 0.3) is 5.91 Å². The second-order valence-electron chi connectivity index (χ2n) is 4.23. The number of carbonyl (C=O) groups is 2. The average Bonchev–Trinajstić information content (AvgIpc) is 2.94. The molecule has 0 radical (unpaired) electrons. The van der Waals surface area contributed by atoms with Crippen LogP contribution in [0.5, 0.6) is 0 Å². The topological polar surface area (TPSA) is 71.1 Å². The quantitative estimate of drug-likeness (QED) is 0.851. The van der Waals surface area contributed by atoms with Crippen LogP contribution in [0.2, 0.25) is 0 Å². The van der Waals surface area contributed by atoms with Crippen LogP contribution in [0.1, 0.15) is 23.3 Å². The third kappa shape index (κ3) is 2.82. The Morgan fingerprint density at radius 2 is 2.11 bits per heavy atom. The van der Waals surface area contributed by atoms with Crippen molar-refractivity contribution in [1.29, 1.82) is 0 Å². The van der Waals surface area contributed by atoms with Crippen molar-refractivity contribution in [2.75, 3.05) is 0 Å². The maximum atomic E-state index is 11.8. The summed E-state index contributed by atoms with van der Waals surface area (Å²) in [6.07, 6.45) is 1.81. The lowest BCUT2D eigenvalue weighted by atomic mass is 10.4. The number of aromatic nitrogens is 1. The van der Waals surface area contributed by atoms with Crippen LogP contribution >= 0.6 is 22.7 Å². The number of thiazole rings is 1. The van der Waals surface area contributed by atoms with Gasteiger partial charge in [0.15, 0.2) is 0 Å². The molecule has 0 bridgehead atoms. The van der Waals surface area contributed by atoms with Crippen molar-refractivity contribution in [3.8, 4) is 9.88 Å². The Bertz CT molecular complexity index is 602. The number of carbonyl (C=O) groups excluding carboxylic acids is 2. The van der Waals surface area contributed by atoms with Gasteiger partial charge in [0, 0.05) is 11.3 Å². The van der Waals surface area contributed by atoms with E-state index in [1.165, 1.54) is 11.3 Å². The Morgan fingerprint density at radius 1 is 1.26 bits per heavy atom. The van der Waals surface area contributed by atoms with Gasteiger partial charge in [-0.1, -0.05) is 6.07 Å². The van der Waals surface area contributed by atoms with Gasteiger partial charge in [-0.05, 0) is 24.3 Å². The predicted molar refractivity (Wildman–Crippen MR) is 73.8 cm³/mol. The summed E-state index contributed by atoms with van der Waals surface area (Å²) in [5.74, 6) is -0.437. The third-order valence-corrected chi connectivity index (χ3v) is 4.60. The normalized spacial score (nSPS) is 14.1. The second kappa shape index (κ2) is 5.10. The summed E-state index contributed by atoms with van der Waals surface area (Å²) in [6, 6.07) is 3.90. The van der Waals surface area contributed by atoms with Gasteiger partial charge in [0.05, 0.1) is 4.88 Å². The summed E-state index contributed by atoms with van der Waals surface area (Å²) < 4.78 is 0. The molecule has 5 nitrogen and oxygen atoms in total. The van der Waals surface area contributed by atoms with E-state index < -0.39 is 0 Å². The van der Waals surface area contributed by atoms with Crippen LogP contribution in [0.4, 0.5) is 0 Å². The van der Waals surface area contributed by atoms with Crippen molar-refractivity contribution in [2.45, 2.75) is 12.8 Å². The molecule has 0 atom stereocenters. The molecule has 0 aromatic carbocycles. The van der Waals surface area contributed by atoms with Crippen LogP contribution in [-0.2, 0) is 4.79 Å². The van der Waals surface area contributed by atoms with E-state index in [2.05, 4.69) is 15.8 Å². The molecule has 0 spiro atoms. The number of hydrogen-bond acceptors (Lipinski definition) is 5. The average molecular weight is 293 g/mol. The summed E-state index contributed by atoms with van der Waals surface area (Å²) in [7, 11) is 0. The second-order valence-corrected chi connectivity index (χ2v) is 6.04. The molecular formula is C12H11N3O2S2. The molecule has 3 rings (SSSR count). The van der Waals surface area contributed by atoms with Crippen molar-refractivity contribution in [2.24, 2.45) is 5.92 Å². The molecule has 1 aliphatic rings. The fourth-order valence-electron chi connectivity index (χ4n) is 1.52. The molecule has 2 amide bonds. The van der Waals surface area contributed by atoms with E-state index in [9.17, 15) is 9.59 Å². The number of nitrogens with one attached hydrogen (secondary N) is 2. The number of amides is 2. The summed E-state index contributed by atoms with van der Waals surface area (Å²) in [5, 5.41) is 4.47. The van der Waals surface area contributed by atoms with Gasteiger partial charge in [-0.25, -0.2) is 4.98 Å². The van der Waals surface area contributed by atoms with Crippen LogP contribution < -0.4 is 10.9 Å². The number of nitrogens with zero attached hydrogens (tertiary/aromatic N) is 1. The van der Waals surface area contributed by atoms with Crippen molar-refractivity contribution in [3.63, 3.8) is 0 Å². The van der Waals surface area contributed by atoms with Gasteiger partial charge in [-0.3, -0.25) is 20.4 Å². The summed E-state index contributed by atoms with van der Waals surface area (Å²) in [4.78, 5) is 28.5. The number of thiophene rings is 1. The summed E-state index contributed by atoms with van der Waals surface area (Å²) in [5.41, 5.74) is 5.13. The molecular weight excluding hydrogens is 282 g/mol. The zero-order valence-electron chi connectivity index (χ0n) is 9.88. The van der Waals surface area contributed by atoms with E-state index in [4.69, 9.17) is 0 Å². The number of hydrogen-bond donors (Lipinski definition) is 2. The van der Waals surface area contributed by atoms with Gasteiger partial charge in [-0.15, -0.1) is 22.7 Å². The zero-order valence-corrected chi connectivity index (χ0v) is 11.5. The Balaban J connectivity index is 1.62. The van der Waals surface area contributed by atoms with E-state index >= 15 is 0 Å². The molecule has 2 aromatic rings. The molecule has 1 fully saturated rings. The fraction of sp³-hybridized carbons (Fsp3) is 0.250. The minimum atomic E-state index is -0.381. The third-order valence-electron chi connectivity index (χ3n) is 2.72. The van der Waals surface area contributed by atoms with Crippen LogP contribution in [0, 0.1) is 5.92 Å². The van der Waals surface area contributed by atoms with Crippen molar-refractivity contribution in [1.82, 2.24) is 15.8 Å². The molecule has 2 heterocycles. The van der Waals surface area contributed by atoms with Crippen LogP contribution in [0.3, 0.4) is 0 Å². The Hall–Kier alpha value is -1.73. The Morgan fingerprint density at radius 3 is 2.79 bits per heavy atom. The monoisotopic (exact) mass is 293 g/mol. The van der Waals surface area contributed by atoms with E-state index in [0.717, 1.165) is 22.7 Å². The highest BCUT2D eigenvalue weighted by Gasteiger charge is 2.29. The summed E-state index contributed by atoms with van der Waals surface area (Å²) in [6.45, 7) is 0. The minimum Gasteiger partial charge on any atom is -0.273 e. The Kier molecular flexibility index (Phi) is 3.31. The number of rotatable bonds is 3. The standard InChI is InChI=1S/C12H11N3O2S2/c16-10(7-3-4-7)14-15-11(17)8-6-19-12(13-8)9-2-1-5-18-9/h1-2,5-7H,3-4H2,(H,14,16)(H,15,17). The van der Waals surface area contributed by atoms with Crippen molar-refractivity contribution in [3.05, 3.63) is 28.6 Å². The smallest absolute Gasteiger partial charge is 0.273 e. The molecule has 7 heteroatoms. The summed E-state index contributed by atoms with van der Waals surface area (Å²) >= 11 is 2.99. The highest BCUT2D eigenvalue weighted by Crippen LogP contribution is 2.29. The molecule has 2 aromatic heterocycles. The van der Waals surface area contributed by atoms with E-state index in [0.29, 0.717) is 5.69 Å². The molecule has 19 heavy (non-hydrogen) atoms. The highest BCUT2D eigenvalue weighted by atomic mass is 32.1. The van der Waals surface area contributed by atoms with Gasteiger partial charge in [0.1, 0.15) is 10.7 Å². The zero-order chi connectivity index (χ0) is 13.2. The largest absolute Gasteiger partial charge is 0.289 e. The highest BCUT2D eigenvalue weighted by molar-refractivity contribution is 7.20. The first-order valence-electron chi connectivity index (χ1n) is 5.83. The minimum absolute atomic E-state index is 0.0670. The lowest BCUT2D eigenvalue weighted by Crippen LogP contribution is -2.42. The van der Waals surface area contributed by atoms with Gasteiger partial charge >= 0.3 is 0 Å². The van der Waals surface area contributed by atoms with Gasteiger partial charge < -0.3 is 0 Å². The molecule has 0 unspecified atom stereocenters. The first-order valence-corrected chi connectivity index (χ1v) is 7.59. The van der Waals surface area contributed by atoms with Crippen LogP contribution in [0.15, 0.2) is 22.9 Å².